The summed E-state index contributed by atoms with van der Waals surface area (Å²) in [6, 6.07) is 25.1. The van der Waals surface area contributed by atoms with E-state index in [1.807, 2.05) is 85.8 Å². The summed E-state index contributed by atoms with van der Waals surface area (Å²) in [7, 11) is 0. The average molecular weight is 341 g/mol. The molecular formula is C23H19NO2. The van der Waals surface area contributed by atoms with Crippen molar-refractivity contribution in [1.82, 2.24) is 5.32 Å². The van der Waals surface area contributed by atoms with Gasteiger partial charge in [-0.25, -0.2) is 0 Å². The van der Waals surface area contributed by atoms with Crippen molar-refractivity contribution in [2.75, 3.05) is 0 Å². The Morgan fingerprint density at radius 1 is 0.885 bits per heavy atom. The van der Waals surface area contributed by atoms with Crippen molar-refractivity contribution in [3.8, 4) is 11.1 Å². The molecule has 1 amide bonds. The first-order valence-electron chi connectivity index (χ1n) is 8.67. The van der Waals surface area contributed by atoms with Crippen molar-refractivity contribution >= 4 is 11.7 Å². The average Bonchev–Trinajstić information content (AvgIpc) is 2.93. The lowest BCUT2D eigenvalue weighted by atomic mass is 9.84. The van der Waals surface area contributed by atoms with E-state index in [0.29, 0.717) is 11.1 Å². The third-order valence-electron chi connectivity index (χ3n) is 4.97. The lowest BCUT2D eigenvalue weighted by molar-refractivity contribution is 0.0894. The number of benzene rings is 3. The molecule has 0 spiro atoms. The minimum absolute atomic E-state index is 0.0198. The number of hydrogen-bond acceptors (Lipinski definition) is 2. The molecule has 0 aromatic heterocycles. The second-order valence-corrected chi connectivity index (χ2v) is 6.88. The van der Waals surface area contributed by atoms with E-state index in [0.717, 1.165) is 16.7 Å². The van der Waals surface area contributed by atoms with E-state index in [2.05, 4.69) is 5.32 Å². The Labute approximate surface area is 152 Å². The molecule has 0 aliphatic carbocycles. The Bertz CT molecular complexity index is 980. The largest absolute Gasteiger partial charge is 0.342 e. The van der Waals surface area contributed by atoms with Gasteiger partial charge in [-0.2, -0.15) is 0 Å². The van der Waals surface area contributed by atoms with Crippen LogP contribution < -0.4 is 5.32 Å². The summed E-state index contributed by atoms with van der Waals surface area (Å²) < 4.78 is 0. The second-order valence-electron chi connectivity index (χ2n) is 6.88. The van der Waals surface area contributed by atoms with Crippen molar-refractivity contribution in [1.29, 1.82) is 0 Å². The molecule has 3 aromatic carbocycles. The maximum Gasteiger partial charge on any atom is 0.252 e. The number of carbonyl (C=O) groups is 2. The molecule has 0 bridgehead atoms. The lowest BCUT2D eigenvalue weighted by Gasteiger charge is -2.25. The highest BCUT2D eigenvalue weighted by Gasteiger charge is 2.40. The number of ketones is 1. The Hall–Kier alpha value is -3.20. The van der Waals surface area contributed by atoms with Crippen molar-refractivity contribution in [2.45, 2.75) is 18.9 Å². The lowest BCUT2D eigenvalue weighted by Crippen LogP contribution is -2.38. The minimum atomic E-state index is -0.704. The molecular weight excluding hydrogens is 322 g/mol. The quantitative estimate of drug-likeness (QED) is 0.706. The van der Waals surface area contributed by atoms with Crippen LogP contribution in [0.3, 0.4) is 0 Å². The van der Waals surface area contributed by atoms with Crippen LogP contribution in [0.15, 0.2) is 78.9 Å². The Balaban J connectivity index is 1.72. The molecule has 128 valence electrons. The van der Waals surface area contributed by atoms with Gasteiger partial charge in [-0.05, 0) is 35.7 Å². The molecule has 1 N–H and O–H groups in total. The number of rotatable bonds is 4. The Morgan fingerprint density at radius 3 is 2.23 bits per heavy atom. The van der Waals surface area contributed by atoms with Crippen LogP contribution in [0, 0.1) is 0 Å². The molecule has 3 nitrogen and oxygen atoms in total. The van der Waals surface area contributed by atoms with Gasteiger partial charge in [0.05, 0.1) is 5.54 Å². The maximum atomic E-state index is 12.7. The van der Waals surface area contributed by atoms with E-state index in [4.69, 9.17) is 0 Å². The zero-order valence-electron chi connectivity index (χ0n) is 14.5. The SMILES string of the molecule is CC1(CC(=O)c2ccccc2)NC(=O)c2ccc(-c3ccccc3)cc21. The molecule has 0 saturated carbocycles. The molecule has 1 aliphatic rings. The Kier molecular flexibility index (Phi) is 3.92. The molecule has 1 heterocycles. The molecule has 0 fully saturated rings. The molecule has 3 heteroatoms. The smallest absolute Gasteiger partial charge is 0.252 e. The van der Waals surface area contributed by atoms with Gasteiger partial charge in [-0.15, -0.1) is 0 Å². The highest BCUT2D eigenvalue weighted by Crippen LogP contribution is 2.37. The molecule has 0 saturated heterocycles. The van der Waals surface area contributed by atoms with Gasteiger partial charge in [0, 0.05) is 17.5 Å². The predicted octanol–water partition coefficient (Wildman–Crippen LogP) is 4.59. The summed E-state index contributed by atoms with van der Waals surface area (Å²) in [5.74, 6) is -0.102. The first kappa shape index (κ1) is 16.3. The molecule has 0 radical (unpaired) electrons. The van der Waals surface area contributed by atoms with Crippen LogP contribution >= 0.6 is 0 Å². The van der Waals surface area contributed by atoms with Gasteiger partial charge in [0.1, 0.15) is 0 Å². The predicted molar refractivity (Wildman–Crippen MR) is 102 cm³/mol. The van der Waals surface area contributed by atoms with Crippen LogP contribution in [0.4, 0.5) is 0 Å². The fourth-order valence-corrected chi connectivity index (χ4v) is 3.58. The monoisotopic (exact) mass is 341 g/mol. The van der Waals surface area contributed by atoms with Crippen molar-refractivity contribution < 1.29 is 9.59 Å². The van der Waals surface area contributed by atoms with E-state index in [1.54, 1.807) is 0 Å². The number of Topliss-reactive ketones (excluding diaryl/α,β-unsaturated/α-hetero) is 1. The molecule has 3 aromatic rings. The van der Waals surface area contributed by atoms with Crippen LogP contribution in [-0.2, 0) is 5.54 Å². The summed E-state index contributed by atoms with van der Waals surface area (Å²) >= 11 is 0. The number of carbonyl (C=O) groups excluding carboxylic acids is 2. The van der Waals surface area contributed by atoms with Gasteiger partial charge in [-0.1, -0.05) is 66.7 Å². The van der Waals surface area contributed by atoms with E-state index in [1.165, 1.54) is 0 Å². The zero-order chi connectivity index (χ0) is 18.1. The number of fused-ring (bicyclic) bond motifs is 1. The fourth-order valence-electron chi connectivity index (χ4n) is 3.58. The van der Waals surface area contributed by atoms with Crippen LogP contribution in [0.25, 0.3) is 11.1 Å². The standard InChI is InChI=1S/C23H19NO2/c1-23(15-21(25)17-10-6-3-7-11-17)20-14-18(16-8-4-2-5-9-16)12-13-19(20)22(26)24-23/h2-14H,15H2,1H3,(H,24,26). The molecule has 1 aliphatic heterocycles. The highest BCUT2D eigenvalue weighted by molar-refractivity contribution is 6.03. The zero-order valence-corrected chi connectivity index (χ0v) is 14.5. The van der Waals surface area contributed by atoms with E-state index < -0.39 is 5.54 Å². The van der Waals surface area contributed by atoms with Gasteiger partial charge in [-0.3, -0.25) is 9.59 Å². The van der Waals surface area contributed by atoms with E-state index >= 15 is 0 Å². The van der Waals surface area contributed by atoms with Gasteiger partial charge < -0.3 is 5.32 Å². The van der Waals surface area contributed by atoms with Crippen molar-refractivity contribution in [2.24, 2.45) is 0 Å². The third-order valence-corrected chi connectivity index (χ3v) is 4.97. The molecule has 1 unspecified atom stereocenters. The van der Waals surface area contributed by atoms with Gasteiger partial charge in [0.15, 0.2) is 5.78 Å². The summed E-state index contributed by atoms with van der Waals surface area (Å²) in [5, 5.41) is 3.02. The van der Waals surface area contributed by atoms with Gasteiger partial charge >= 0.3 is 0 Å². The van der Waals surface area contributed by atoms with Crippen molar-refractivity contribution in [3.63, 3.8) is 0 Å². The third kappa shape index (κ3) is 2.82. The van der Waals surface area contributed by atoms with Crippen LogP contribution in [0.1, 0.15) is 39.6 Å². The van der Waals surface area contributed by atoms with Crippen LogP contribution in [0.5, 0.6) is 0 Å². The van der Waals surface area contributed by atoms with Crippen LogP contribution in [0.2, 0.25) is 0 Å². The summed E-state index contributed by atoms with van der Waals surface area (Å²) in [5.41, 5.74) is 3.62. The fraction of sp³-hybridized carbons (Fsp3) is 0.130. The Morgan fingerprint density at radius 2 is 1.54 bits per heavy atom. The van der Waals surface area contributed by atoms with E-state index in [-0.39, 0.29) is 18.1 Å². The van der Waals surface area contributed by atoms with Crippen LogP contribution in [-0.4, -0.2) is 11.7 Å². The van der Waals surface area contributed by atoms with E-state index in [9.17, 15) is 9.59 Å². The second kappa shape index (κ2) is 6.26. The summed E-state index contributed by atoms with van der Waals surface area (Å²) in [4.78, 5) is 25.2. The normalized spacial score (nSPS) is 18.3. The molecule has 4 rings (SSSR count). The first-order chi connectivity index (χ1) is 12.6. The highest BCUT2D eigenvalue weighted by atomic mass is 16.2. The van der Waals surface area contributed by atoms with Gasteiger partial charge in [0.2, 0.25) is 0 Å². The van der Waals surface area contributed by atoms with Crippen molar-refractivity contribution in [3.05, 3.63) is 95.6 Å². The molecule has 1 atom stereocenters. The minimum Gasteiger partial charge on any atom is -0.342 e. The number of amides is 1. The number of nitrogens with one attached hydrogen (secondary N) is 1. The first-order valence-corrected chi connectivity index (χ1v) is 8.67. The molecule has 26 heavy (non-hydrogen) atoms. The maximum absolute atomic E-state index is 12.7. The topological polar surface area (TPSA) is 46.2 Å². The number of hydrogen-bond donors (Lipinski definition) is 1. The van der Waals surface area contributed by atoms with Gasteiger partial charge in [0.25, 0.3) is 5.91 Å². The summed E-state index contributed by atoms with van der Waals surface area (Å²) in [6.45, 7) is 1.92. The summed E-state index contributed by atoms with van der Waals surface area (Å²) in [6.07, 6.45) is 0.230.